The molecule has 0 aromatic carbocycles. The molecule has 90 valence electrons. The number of ether oxygens (including phenoxy) is 2. The van der Waals surface area contributed by atoms with Crippen molar-refractivity contribution in [2.45, 2.75) is 6.61 Å². The fraction of sp³-hybridized carbons (Fsp3) is 0.273. The monoisotopic (exact) mass is 236 g/mol. The summed E-state index contributed by atoms with van der Waals surface area (Å²) in [7, 11) is 3.06. The molecule has 2 heterocycles. The van der Waals surface area contributed by atoms with Crippen LogP contribution < -0.4 is 4.74 Å². The first-order chi connectivity index (χ1) is 8.17. The minimum absolute atomic E-state index is 0.181. The van der Waals surface area contributed by atoms with E-state index in [9.17, 15) is 4.79 Å². The van der Waals surface area contributed by atoms with Gasteiger partial charge in [0.05, 0.1) is 30.5 Å². The summed E-state index contributed by atoms with van der Waals surface area (Å²) in [6, 6.07) is 4.74. The van der Waals surface area contributed by atoms with Crippen molar-refractivity contribution < 1.29 is 19.4 Å². The molecule has 2 rings (SSSR count). The first-order valence-electron chi connectivity index (χ1n) is 4.95. The zero-order valence-electron chi connectivity index (χ0n) is 9.51. The number of hydrogen-bond donors (Lipinski definition) is 1. The Hall–Kier alpha value is -2.08. The Morgan fingerprint density at radius 1 is 1.47 bits per heavy atom. The summed E-state index contributed by atoms with van der Waals surface area (Å²) < 4.78 is 11.5. The van der Waals surface area contributed by atoms with Crippen LogP contribution in [0.3, 0.4) is 0 Å². The molecule has 0 aliphatic carbocycles. The van der Waals surface area contributed by atoms with E-state index in [-0.39, 0.29) is 5.56 Å². The van der Waals surface area contributed by atoms with Gasteiger partial charge in [-0.2, -0.15) is 9.61 Å². The SMILES string of the molecule is COCc1cc2c(C(=O)O)ccc(OC)n2n1. The fourth-order valence-corrected chi connectivity index (χ4v) is 1.65. The number of carboxylic acids is 1. The Kier molecular flexibility index (Phi) is 2.97. The number of carbonyl (C=O) groups is 1. The third-order valence-electron chi connectivity index (χ3n) is 2.37. The van der Waals surface area contributed by atoms with E-state index >= 15 is 0 Å². The Labute approximate surface area is 97.4 Å². The van der Waals surface area contributed by atoms with Crippen molar-refractivity contribution in [2.75, 3.05) is 14.2 Å². The van der Waals surface area contributed by atoms with Gasteiger partial charge in [0.2, 0.25) is 5.88 Å². The highest BCUT2D eigenvalue weighted by atomic mass is 16.5. The molecule has 0 aliphatic rings. The van der Waals surface area contributed by atoms with Gasteiger partial charge in [-0.1, -0.05) is 0 Å². The smallest absolute Gasteiger partial charge is 0.337 e. The van der Waals surface area contributed by atoms with E-state index in [0.717, 1.165) is 0 Å². The van der Waals surface area contributed by atoms with E-state index in [0.29, 0.717) is 23.7 Å². The summed E-state index contributed by atoms with van der Waals surface area (Å²) in [5.41, 5.74) is 1.32. The lowest BCUT2D eigenvalue weighted by atomic mass is 10.2. The lowest BCUT2D eigenvalue weighted by Gasteiger charge is -2.04. The molecule has 0 saturated carbocycles. The van der Waals surface area contributed by atoms with Crippen LogP contribution in [0.15, 0.2) is 18.2 Å². The van der Waals surface area contributed by atoms with Crippen LogP contribution in [0.4, 0.5) is 0 Å². The lowest BCUT2D eigenvalue weighted by molar-refractivity contribution is 0.0698. The number of carboxylic acid groups (broad SMARTS) is 1. The number of pyridine rings is 1. The minimum atomic E-state index is -0.999. The first kappa shape index (κ1) is 11.4. The van der Waals surface area contributed by atoms with Gasteiger partial charge in [-0.3, -0.25) is 0 Å². The van der Waals surface area contributed by atoms with E-state index in [1.54, 1.807) is 19.2 Å². The third kappa shape index (κ3) is 1.94. The van der Waals surface area contributed by atoms with Gasteiger partial charge in [-0.15, -0.1) is 0 Å². The van der Waals surface area contributed by atoms with Crippen LogP contribution in [0.25, 0.3) is 5.52 Å². The van der Waals surface area contributed by atoms with Crippen molar-refractivity contribution in [3.8, 4) is 5.88 Å². The normalized spacial score (nSPS) is 10.7. The quantitative estimate of drug-likeness (QED) is 0.863. The van der Waals surface area contributed by atoms with Gasteiger partial charge in [0.1, 0.15) is 0 Å². The zero-order valence-corrected chi connectivity index (χ0v) is 9.51. The topological polar surface area (TPSA) is 73.1 Å². The van der Waals surface area contributed by atoms with Crippen molar-refractivity contribution >= 4 is 11.5 Å². The molecule has 0 unspecified atom stereocenters. The van der Waals surface area contributed by atoms with Crippen LogP contribution in [-0.2, 0) is 11.3 Å². The van der Waals surface area contributed by atoms with E-state index in [4.69, 9.17) is 14.6 Å². The van der Waals surface area contributed by atoms with E-state index in [1.807, 2.05) is 0 Å². The summed E-state index contributed by atoms with van der Waals surface area (Å²) in [6.07, 6.45) is 0. The second kappa shape index (κ2) is 4.42. The van der Waals surface area contributed by atoms with Gasteiger partial charge in [0.15, 0.2) is 0 Å². The summed E-state index contributed by atoms with van der Waals surface area (Å²) in [6.45, 7) is 0.323. The van der Waals surface area contributed by atoms with Gasteiger partial charge >= 0.3 is 5.97 Å². The fourth-order valence-electron chi connectivity index (χ4n) is 1.65. The van der Waals surface area contributed by atoms with Crippen LogP contribution in [0, 0.1) is 0 Å². The van der Waals surface area contributed by atoms with Crippen LogP contribution in [0.5, 0.6) is 5.88 Å². The molecular weight excluding hydrogens is 224 g/mol. The molecule has 6 heteroatoms. The zero-order chi connectivity index (χ0) is 12.4. The van der Waals surface area contributed by atoms with Gasteiger partial charge in [-0.25, -0.2) is 4.79 Å². The average Bonchev–Trinajstić information content (AvgIpc) is 2.71. The van der Waals surface area contributed by atoms with Crippen LogP contribution in [0.2, 0.25) is 0 Å². The molecule has 0 bridgehead atoms. The van der Waals surface area contributed by atoms with E-state index in [2.05, 4.69) is 5.10 Å². The number of rotatable bonds is 4. The maximum Gasteiger partial charge on any atom is 0.337 e. The summed E-state index contributed by atoms with van der Waals surface area (Å²) >= 11 is 0. The molecule has 0 atom stereocenters. The third-order valence-corrected chi connectivity index (χ3v) is 2.37. The number of fused-ring (bicyclic) bond motifs is 1. The highest BCUT2D eigenvalue weighted by Gasteiger charge is 2.14. The molecule has 6 nitrogen and oxygen atoms in total. The molecule has 0 spiro atoms. The molecule has 17 heavy (non-hydrogen) atoms. The standard InChI is InChI=1S/C11H12N2O4/c1-16-6-7-5-9-8(11(14)15)3-4-10(17-2)13(9)12-7/h3-5H,6H2,1-2H3,(H,14,15). The first-order valence-corrected chi connectivity index (χ1v) is 4.95. The lowest BCUT2D eigenvalue weighted by Crippen LogP contribution is -2.03. The van der Waals surface area contributed by atoms with Gasteiger partial charge in [0, 0.05) is 13.2 Å². The summed E-state index contributed by atoms with van der Waals surface area (Å²) in [5.74, 6) is -0.520. The minimum Gasteiger partial charge on any atom is -0.481 e. The van der Waals surface area contributed by atoms with Crippen LogP contribution in [-0.4, -0.2) is 34.9 Å². The van der Waals surface area contributed by atoms with E-state index in [1.165, 1.54) is 17.7 Å². The molecular formula is C11H12N2O4. The van der Waals surface area contributed by atoms with Crippen molar-refractivity contribution in [3.63, 3.8) is 0 Å². The predicted octanol–water partition coefficient (Wildman–Crippen LogP) is 1.19. The maximum atomic E-state index is 11.1. The van der Waals surface area contributed by atoms with E-state index < -0.39 is 5.97 Å². The molecule has 2 aromatic heterocycles. The van der Waals surface area contributed by atoms with Crippen LogP contribution >= 0.6 is 0 Å². The number of methoxy groups -OCH3 is 2. The molecule has 0 radical (unpaired) electrons. The average molecular weight is 236 g/mol. The van der Waals surface area contributed by atoms with Gasteiger partial charge in [0.25, 0.3) is 0 Å². The van der Waals surface area contributed by atoms with Crippen molar-refractivity contribution in [3.05, 3.63) is 29.5 Å². The summed E-state index contributed by atoms with van der Waals surface area (Å²) in [5, 5.41) is 13.3. The number of aromatic nitrogens is 2. The Balaban J connectivity index is 2.67. The molecule has 1 N–H and O–H groups in total. The molecule has 0 saturated heterocycles. The molecule has 2 aromatic rings. The maximum absolute atomic E-state index is 11.1. The Morgan fingerprint density at radius 2 is 2.24 bits per heavy atom. The van der Waals surface area contributed by atoms with Crippen molar-refractivity contribution in [2.24, 2.45) is 0 Å². The second-order valence-corrected chi connectivity index (χ2v) is 3.46. The Bertz CT molecular complexity index is 562. The number of aromatic carboxylic acids is 1. The van der Waals surface area contributed by atoms with Crippen molar-refractivity contribution in [1.82, 2.24) is 9.61 Å². The molecule has 0 aliphatic heterocycles. The predicted molar refractivity (Wildman–Crippen MR) is 59.4 cm³/mol. The van der Waals surface area contributed by atoms with Crippen LogP contribution in [0.1, 0.15) is 16.1 Å². The number of nitrogens with zero attached hydrogens (tertiary/aromatic N) is 2. The molecule has 0 amide bonds. The highest BCUT2D eigenvalue weighted by Crippen LogP contribution is 2.20. The second-order valence-electron chi connectivity index (χ2n) is 3.46. The number of hydrogen-bond acceptors (Lipinski definition) is 4. The van der Waals surface area contributed by atoms with Gasteiger partial charge < -0.3 is 14.6 Å². The molecule has 0 fully saturated rings. The van der Waals surface area contributed by atoms with Crippen molar-refractivity contribution in [1.29, 1.82) is 0 Å². The summed E-state index contributed by atoms with van der Waals surface area (Å²) in [4.78, 5) is 11.1. The Morgan fingerprint density at radius 3 is 2.82 bits per heavy atom. The van der Waals surface area contributed by atoms with Gasteiger partial charge in [-0.05, 0) is 12.1 Å². The highest BCUT2D eigenvalue weighted by molar-refractivity contribution is 5.95. The largest absolute Gasteiger partial charge is 0.481 e.